The Morgan fingerprint density at radius 3 is 2.74 bits per heavy atom. The second-order valence-electron chi connectivity index (χ2n) is 9.15. The summed E-state index contributed by atoms with van der Waals surface area (Å²) in [6.07, 6.45) is 6.40. The van der Waals surface area contributed by atoms with Crippen LogP contribution < -0.4 is 10.7 Å². The lowest BCUT2D eigenvalue weighted by atomic mass is 10.0. The zero-order valence-corrected chi connectivity index (χ0v) is 23.0. The summed E-state index contributed by atoms with van der Waals surface area (Å²) in [5.74, 6) is -0.854. The molecule has 1 aromatic heterocycles. The van der Waals surface area contributed by atoms with E-state index in [1.165, 1.54) is 18.2 Å². The molecule has 2 N–H and O–H groups in total. The van der Waals surface area contributed by atoms with Crippen LogP contribution in [0.4, 0.5) is 5.69 Å². The average Bonchev–Trinajstić information content (AvgIpc) is 3.65. The van der Waals surface area contributed by atoms with Crippen LogP contribution in [0.15, 0.2) is 65.2 Å². The summed E-state index contributed by atoms with van der Waals surface area (Å²) in [5, 5.41) is 7.92. The van der Waals surface area contributed by atoms with Gasteiger partial charge in [-0.1, -0.05) is 23.2 Å². The molecule has 14 heteroatoms. The van der Waals surface area contributed by atoms with Crippen LogP contribution in [0, 0.1) is 0 Å². The predicted octanol–water partition coefficient (Wildman–Crippen LogP) is 2.89. The van der Waals surface area contributed by atoms with Crippen molar-refractivity contribution in [3.05, 3.63) is 81.4 Å². The fourth-order valence-corrected chi connectivity index (χ4v) is 5.17. The molecule has 1 saturated carbocycles. The van der Waals surface area contributed by atoms with E-state index in [1.807, 2.05) is 0 Å². The molecule has 204 valence electrons. The van der Waals surface area contributed by atoms with Crippen molar-refractivity contribution >= 4 is 57.5 Å². The number of amides is 2. The van der Waals surface area contributed by atoms with E-state index in [4.69, 9.17) is 27.4 Å². The smallest absolute Gasteiger partial charge is 0.299 e. The quantitative estimate of drug-likeness (QED) is 0.419. The Balaban J connectivity index is 1.42. The molecule has 5 rings (SSSR count). The van der Waals surface area contributed by atoms with Crippen molar-refractivity contribution in [2.24, 2.45) is 5.10 Å². The number of hydrogen-bond acceptors (Lipinski definition) is 9. The van der Waals surface area contributed by atoms with Crippen LogP contribution in [0.25, 0.3) is 0 Å². The molecule has 0 bridgehead atoms. The minimum Gasteiger partial charge on any atom is -0.384 e. The Morgan fingerprint density at radius 1 is 1.23 bits per heavy atom. The number of allylic oxidation sites excluding steroid dienone is 1. The summed E-state index contributed by atoms with van der Waals surface area (Å²) in [7, 11) is -1.59. The van der Waals surface area contributed by atoms with Crippen molar-refractivity contribution in [1.29, 1.82) is 0 Å². The molecule has 0 saturated heterocycles. The Hall–Kier alpha value is -3.61. The van der Waals surface area contributed by atoms with E-state index in [0.717, 1.165) is 12.8 Å². The monoisotopic (exact) mass is 590 g/mol. The number of rotatable bonds is 7. The number of carbonyl (C=O) groups excluding carboxylic acids is 2. The molecule has 2 aromatic rings. The van der Waals surface area contributed by atoms with Gasteiger partial charge < -0.3 is 24.7 Å². The number of halogens is 2. The molecule has 2 amide bonds. The van der Waals surface area contributed by atoms with E-state index >= 15 is 0 Å². The number of hydrogen-bond donors (Lipinski definition) is 3. The van der Waals surface area contributed by atoms with E-state index < -0.39 is 16.9 Å². The van der Waals surface area contributed by atoms with Gasteiger partial charge in [0, 0.05) is 37.1 Å². The van der Waals surface area contributed by atoms with Gasteiger partial charge in [-0.15, -0.1) is 0 Å². The Morgan fingerprint density at radius 2 is 2.03 bits per heavy atom. The summed E-state index contributed by atoms with van der Waals surface area (Å²) in [5.41, 5.74) is 4.02. The maximum Gasteiger partial charge on any atom is 0.299 e. The summed E-state index contributed by atoms with van der Waals surface area (Å²) < 4.78 is 27.8. The van der Waals surface area contributed by atoms with Gasteiger partial charge in [0.1, 0.15) is 5.84 Å². The molecule has 0 radical (unpaired) electrons. The number of anilines is 1. The SMILES string of the molecule is CN(C(=O)c1cc(Cl)ccc1NC(=O)C1=C(O[SH](=O)=O)C=CN(C2=NNCC2c2ncccc2Cl)C1)C1CC1. The molecule has 1 aromatic carbocycles. The summed E-state index contributed by atoms with van der Waals surface area (Å²) in [6.45, 7) is 0.364. The third-order valence-corrected chi connectivity index (χ3v) is 7.47. The van der Waals surface area contributed by atoms with E-state index in [9.17, 15) is 18.0 Å². The van der Waals surface area contributed by atoms with Crippen molar-refractivity contribution in [2.45, 2.75) is 24.8 Å². The molecule has 1 aliphatic carbocycles. The summed E-state index contributed by atoms with van der Waals surface area (Å²) >= 11 is 12.5. The number of thiol groups is 1. The fraction of sp³-hybridized carbons (Fsp3) is 0.280. The Kier molecular flexibility index (Phi) is 7.78. The van der Waals surface area contributed by atoms with Crippen LogP contribution in [-0.4, -0.2) is 67.0 Å². The Bertz CT molecular complexity index is 1500. The normalized spacial score (nSPS) is 18.6. The van der Waals surface area contributed by atoms with Crippen molar-refractivity contribution < 1.29 is 22.2 Å². The summed E-state index contributed by atoms with van der Waals surface area (Å²) in [6, 6.07) is 8.18. The van der Waals surface area contributed by atoms with E-state index in [2.05, 4.69) is 20.8 Å². The Labute approximate surface area is 236 Å². The second kappa shape index (κ2) is 11.2. The molecular weight excluding hydrogens is 567 g/mol. The number of hydrazone groups is 1. The van der Waals surface area contributed by atoms with Crippen LogP contribution in [0.1, 0.15) is 34.8 Å². The van der Waals surface area contributed by atoms with Gasteiger partial charge in [0.2, 0.25) is 0 Å². The van der Waals surface area contributed by atoms with Crippen molar-refractivity contribution in [1.82, 2.24) is 20.2 Å². The van der Waals surface area contributed by atoms with Crippen LogP contribution in [-0.2, 0) is 20.0 Å². The van der Waals surface area contributed by atoms with Crippen LogP contribution in [0.3, 0.4) is 0 Å². The first-order valence-corrected chi connectivity index (χ1v) is 13.9. The zero-order chi connectivity index (χ0) is 27.7. The molecule has 3 aliphatic rings. The van der Waals surface area contributed by atoms with Gasteiger partial charge in [-0.2, -0.15) is 13.5 Å². The van der Waals surface area contributed by atoms with E-state index in [0.29, 0.717) is 28.1 Å². The minimum absolute atomic E-state index is 0.0149. The van der Waals surface area contributed by atoms with E-state index in [-0.39, 0.29) is 47.0 Å². The standard InChI is InChI=1S/C25H24Cl2N6O5S/c1-32(15-5-6-15)25(35)16-11-14(26)4-7-20(16)30-24(34)18-13-33(10-8-21(18)38-39(36)37)23-17(12-29-31-23)22-19(27)3-2-9-28-22/h2-4,7-11,15,17,29,39H,5-6,12-13H2,1H3,(H,30,34). The lowest BCUT2D eigenvalue weighted by molar-refractivity contribution is -0.113. The molecular formula is C25H24Cl2N6O5S. The minimum atomic E-state index is -3.29. The van der Waals surface area contributed by atoms with Gasteiger partial charge in [0.25, 0.3) is 22.8 Å². The highest BCUT2D eigenvalue weighted by atomic mass is 35.5. The van der Waals surface area contributed by atoms with Crippen molar-refractivity contribution in [2.75, 3.05) is 25.5 Å². The summed E-state index contributed by atoms with van der Waals surface area (Å²) in [4.78, 5) is 34.4. The number of aromatic nitrogens is 1. The third kappa shape index (κ3) is 5.87. The molecule has 0 spiro atoms. The molecule has 3 heterocycles. The van der Waals surface area contributed by atoms with Gasteiger partial charge in [0.15, 0.2) is 5.76 Å². The number of carbonyl (C=O) groups is 2. The van der Waals surface area contributed by atoms with Crippen molar-refractivity contribution in [3.63, 3.8) is 0 Å². The highest BCUT2D eigenvalue weighted by molar-refractivity contribution is 7.67. The largest absolute Gasteiger partial charge is 0.384 e. The number of nitrogens with one attached hydrogen (secondary N) is 2. The van der Waals surface area contributed by atoms with Crippen LogP contribution >= 0.6 is 23.2 Å². The molecule has 39 heavy (non-hydrogen) atoms. The van der Waals surface area contributed by atoms with E-state index in [1.54, 1.807) is 47.4 Å². The number of amidine groups is 1. The van der Waals surface area contributed by atoms with Crippen LogP contribution in [0.2, 0.25) is 10.0 Å². The molecule has 2 aliphatic heterocycles. The average molecular weight is 591 g/mol. The number of benzene rings is 1. The van der Waals surface area contributed by atoms with Gasteiger partial charge in [-0.05, 0) is 49.2 Å². The predicted molar refractivity (Wildman–Crippen MR) is 147 cm³/mol. The molecule has 1 unspecified atom stereocenters. The molecule has 11 nitrogen and oxygen atoms in total. The molecule has 1 fully saturated rings. The van der Waals surface area contributed by atoms with Gasteiger partial charge in [0.05, 0.1) is 40.0 Å². The van der Waals surface area contributed by atoms with Crippen molar-refractivity contribution in [3.8, 4) is 0 Å². The first kappa shape index (κ1) is 27.0. The topological polar surface area (TPSA) is 133 Å². The van der Waals surface area contributed by atoms with Crippen LogP contribution in [0.5, 0.6) is 0 Å². The van der Waals surface area contributed by atoms with Gasteiger partial charge >= 0.3 is 0 Å². The number of pyridine rings is 1. The lowest BCUT2D eigenvalue weighted by Gasteiger charge is -2.28. The van der Waals surface area contributed by atoms with Gasteiger partial charge in [-0.25, -0.2) is 0 Å². The first-order valence-electron chi connectivity index (χ1n) is 12.0. The maximum atomic E-state index is 13.5. The maximum absolute atomic E-state index is 13.5. The second-order valence-corrected chi connectivity index (χ2v) is 10.6. The zero-order valence-electron chi connectivity index (χ0n) is 20.6. The first-order chi connectivity index (χ1) is 18.7. The van der Waals surface area contributed by atoms with Gasteiger partial charge in [-0.3, -0.25) is 14.6 Å². The number of nitrogens with zero attached hydrogens (tertiary/aromatic N) is 4. The highest BCUT2D eigenvalue weighted by Gasteiger charge is 2.34. The fourth-order valence-electron chi connectivity index (χ4n) is 4.41. The molecule has 1 atom stereocenters. The third-order valence-electron chi connectivity index (χ3n) is 6.57. The lowest BCUT2D eigenvalue weighted by Crippen LogP contribution is -2.37. The highest BCUT2D eigenvalue weighted by Crippen LogP contribution is 2.31.